The van der Waals surface area contributed by atoms with Gasteiger partial charge in [-0.15, -0.1) is 0 Å². The number of amidine groups is 1. The summed E-state index contributed by atoms with van der Waals surface area (Å²) in [4.78, 5) is 8.25. The Morgan fingerprint density at radius 1 is 1.47 bits per heavy atom. The average molecular weight is 208 g/mol. The van der Waals surface area contributed by atoms with E-state index in [2.05, 4.69) is 35.9 Å². The summed E-state index contributed by atoms with van der Waals surface area (Å²) in [6.07, 6.45) is 1.84. The Morgan fingerprint density at radius 3 is 2.67 bits per heavy atom. The second-order valence-corrected chi connectivity index (χ2v) is 4.41. The van der Waals surface area contributed by atoms with Crippen LogP contribution in [-0.4, -0.2) is 21.0 Å². The van der Waals surface area contributed by atoms with Crippen LogP contribution in [0.2, 0.25) is 0 Å². The minimum Gasteiger partial charge on any atom is -0.409 e. The Kier molecular flexibility index (Phi) is 3.24. The largest absolute Gasteiger partial charge is 0.409 e. The average Bonchev–Trinajstić information content (AvgIpc) is 2.17. The number of hydrogen-bond donors (Lipinski definition) is 2. The van der Waals surface area contributed by atoms with Crippen LogP contribution >= 0.6 is 0 Å². The summed E-state index contributed by atoms with van der Waals surface area (Å²) in [5, 5.41) is 11.4. The van der Waals surface area contributed by atoms with Gasteiger partial charge in [0.2, 0.25) is 0 Å². The van der Waals surface area contributed by atoms with E-state index in [1.54, 1.807) is 0 Å². The van der Waals surface area contributed by atoms with Gasteiger partial charge in [0.05, 0.1) is 12.1 Å². The fourth-order valence-electron chi connectivity index (χ4n) is 1.13. The standard InChI is InChI=1S/C10H16N4O/c1-10(2,3)8-4-7(12-6-13-8)5-9(11)14-15/h4,6,15H,5H2,1-3H3,(H2,11,14). The van der Waals surface area contributed by atoms with Crippen molar-refractivity contribution >= 4 is 5.84 Å². The van der Waals surface area contributed by atoms with Crippen molar-refractivity contribution in [1.29, 1.82) is 0 Å². The highest BCUT2D eigenvalue weighted by atomic mass is 16.4. The van der Waals surface area contributed by atoms with Crippen molar-refractivity contribution in [3.63, 3.8) is 0 Å². The van der Waals surface area contributed by atoms with E-state index in [0.717, 1.165) is 11.4 Å². The highest BCUT2D eigenvalue weighted by molar-refractivity contribution is 5.81. The Hall–Kier alpha value is -1.65. The SMILES string of the molecule is CC(C)(C)c1cc(C/C(N)=N/O)ncn1. The molecular weight excluding hydrogens is 192 g/mol. The number of rotatable bonds is 2. The fourth-order valence-corrected chi connectivity index (χ4v) is 1.13. The molecule has 3 N–H and O–H groups in total. The summed E-state index contributed by atoms with van der Waals surface area (Å²) in [5.41, 5.74) is 7.08. The molecule has 0 aliphatic carbocycles. The third-order valence-electron chi connectivity index (χ3n) is 1.98. The van der Waals surface area contributed by atoms with E-state index in [9.17, 15) is 0 Å². The van der Waals surface area contributed by atoms with Gasteiger partial charge in [-0.1, -0.05) is 25.9 Å². The lowest BCUT2D eigenvalue weighted by molar-refractivity contribution is 0.317. The maximum Gasteiger partial charge on any atom is 0.145 e. The van der Waals surface area contributed by atoms with Gasteiger partial charge >= 0.3 is 0 Å². The van der Waals surface area contributed by atoms with Crippen molar-refractivity contribution in [1.82, 2.24) is 9.97 Å². The molecule has 0 unspecified atom stereocenters. The molecule has 0 saturated heterocycles. The Balaban J connectivity index is 2.93. The van der Waals surface area contributed by atoms with Gasteiger partial charge in [-0.05, 0) is 6.07 Å². The molecule has 1 aromatic rings. The second-order valence-electron chi connectivity index (χ2n) is 4.41. The van der Waals surface area contributed by atoms with Crippen LogP contribution in [0.4, 0.5) is 0 Å². The topological polar surface area (TPSA) is 84.4 Å². The van der Waals surface area contributed by atoms with Crippen LogP contribution < -0.4 is 5.73 Å². The first-order chi connectivity index (χ1) is 6.93. The predicted octanol–water partition coefficient (Wildman–Crippen LogP) is 1.06. The summed E-state index contributed by atoms with van der Waals surface area (Å²) in [6, 6.07) is 1.87. The lowest BCUT2D eigenvalue weighted by atomic mass is 9.91. The van der Waals surface area contributed by atoms with Crippen molar-refractivity contribution < 1.29 is 5.21 Å². The minimum atomic E-state index is -0.0250. The summed E-state index contributed by atoms with van der Waals surface area (Å²) in [7, 11) is 0. The van der Waals surface area contributed by atoms with Crippen LogP contribution in [0.3, 0.4) is 0 Å². The monoisotopic (exact) mass is 208 g/mol. The molecule has 82 valence electrons. The molecule has 0 spiro atoms. The lowest BCUT2D eigenvalue weighted by Gasteiger charge is -2.17. The van der Waals surface area contributed by atoms with E-state index in [4.69, 9.17) is 10.9 Å². The van der Waals surface area contributed by atoms with E-state index in [1.165, 1.54) is 6.33 Å². The molecule has 0 aromatic carbocycles. The van der Waals surface area contributed by atoms with Crippen LogP contribution in [0.1, 0.15) is 32.2 Å². The molecule has 0 aliphatic rings. The maximum atomic E-state index is 8.44. The van der Waals surface area contributed by atoms with Gasteiger partial charge in [0.25, 0.3) is 0 Å². The maximum absolute atomic E-state index is 8.44. The summed E-state index contributed by atoms with van der Waals surface area (Å²) in [5.74, 6) is 0.147. The predicted molar refractivity (Wildman–Crippen MR) is 57.8 cm³/mol. The van der Waals surface area contributed by atoms with Crippen LogP contribution in [-0.2, 0) is 11.8 Å². The van der Waals surface area contributed by atoms with Crippen molar-refractivity contribution in [2.45, 2.75) is 32.6 Å². The first kappa shape index (κ1) is 11.4. The van der Waals surface area contributed by atoms with Gasteiger partial charge in [-0.25, -0.2) is 9.97 Å². The van der Waals surface area contributed by atoms with E-state index >= 15 is 0 Å². The van der Waals surface area contributed by atoms with E-state index < -0.39 is 0 Å². The molecule has 0 amide bonds. The molecule has 0 aliphatic heterocycles. The van der Waals surface area contributed by atoms with E-state index in [1.807, 2.05) is 6.07 Å². The number of aromatic nitrogens is 2. The molecule has 0 atom stereocenters. The van der Waals surface area contributed by atoms with E-state index in [-0.39, 0.29) is 11.3 Å². The van der Waals surface area contributed by atoms with Gasteiger partial charge in [0.15, 0.2) is 0 Å². The van der Waals surface area contributed by atoms with Crippen LogP contribution in [0.25, 0.3) is 0 Å². The van der Waals surface area contributed by atoms with Gasteiger partial charge in [-0.2, -0.15) is 0 Å². The first-order valence-electron chi connectivity index (χ1n) is 4.71. The second kappa shape index (κ2) is 4.25. The molecular formula is C10H16N4O. The Labute approximate surface area is 89.0 Å². The van der Waals surface area contributed by atoms with Crippen molar-refractivity contribution in [3.8, 4) is 0 Å². The molecule has 15 heavy (non-hydrogen) atoms. The van der Waals surface area contributed by atoms with E-state index in [0.29, 0.717) is 6.42 Å². The third kappa shape index (κ3) is 3.19. The van der Waals surface area contributed by atoms with Crippen LogP contribution in [0, 0.1) is 0 Å². The first-order valence-corrected chi connectivity index (χ1v) is 4.71. The summed E-state index contributed by atoms with van der Waals surface area (Å²) in [6.45, 7) is 6.22. The fraction of sp³-hybridized carbons (Fsp3) is 0.500. The van der Waals surface area contributed by atoms with Crippen molar-refractivity contribution in [3.05, 3.63) is 23.8 Å². The zero-order valence-electron chi connectivity index (χ0n) is 9.23. The number of hydrogen-bond acceptors (Lipinski definition) is 4. The molecule has 0 bridgehead atoms. The Morgan fingerprint density at radius 2 is 2.13 bits per heavy atom. The molecule has 0 radical (unpaired) electrons. The number of nitrogens with zero attached hydrogens (tertiary/aromatic N) is 3. The highest BCUT2D eigenvalue weighted by Crippen LogP contribution is 2.19. The minimum absolute atomic E-state index is 0.0250. The number of nitrogens with two attached hydrogens (primary N) is 1. The molecule has 0 fully saturated rings. The van der Waals surface area contributed by atoms with Gasteiger partial charge < -0.3 is 10.9 Å². The molecule has 5 nitrogen and oxygen atoms in total. The van der Waals surface area contributed by atoms with Gasteiger partial charge in [-0.3, -0.25) is 0 Å². The van der Waals surface area contributed by atoms with Gasteiger partial charge in [0, 0.05) is 11.1 Å². The zero-order chi connectivity index (χ0) is 11.5. The van der Waals surface area contributed by atoms with Crippen molar-refractivity contribution in [2.24, 2.45) is 10.9 Å². The van der Waals surface area contributed by atoms with Crippen LogP contribution in [0.15, 0.2) is 17.5 Å². The zero-order valence-corrected chi connectivity index (χ0v) is 9.23. The third-order valence-corrected chi connectivity index (χ3v) is 1.98. The normalized spacial score (nSPS) is 12.9. The summed E-state index contributed by atoms with van der Waals surface area (Å²) >= 11 is 0. The quantitative estimate of drug-likeness (QED) is 0.329. The smallest absolute Gasteiger partial charge is 0.145 e. The summed E-state index contributed by atoms with van der Waals surface area (Å²) < 4.78 is 0. The van der Waals surface area contributed by atoms with Crippen LogP contribution in [0.5, 0.6) is 0 Å². The molecule has 5 heteroatoms. The highest BCUT2D eigenvalue weighted by Gasteiger charge is 2.16. The molecule has 1 rings (SSSR count). The molecule has 1 heterocycles. The van der Waals surface area contributed by atoms with Gasteiger partial charge in [0.1, 0.15) is 12.2 Å². The molecule has 1 aromatic heterocycles. The number of oxime groups is 1. The Bertz CT molecular complexity index is 368. The van der Waals surface area contributed by atoms with Crippen molar-refractivity contribution in [2.75, 3.05) is 0 Å². The lowest BCUT2D eigenvalue weighted by Crippen LogP contribution is -2.18. The molecule has 0 saturated carbocycles.